The molecule has 0 aromatic rings. The van der Waals surface area contributed by atoms with E-state index in [2.05, 4.69) is 23.2 Å². The maximum atomic E-state index is 11.7. The number of unbranched alkanes of at least 4 members (excludes halogenated alkanes) is 4. The summed E-state index contributed by atoms with van der Waals surface area (Å²) in [4.78, 5) is 0. The molecular formula is C14H32N2O2S2. The van der Waals surface area contributed by atoms with Gasteiger partial charge in [-0.05, 0) is 57.2 Å². The molecule has 0 aliphatic rings. The van der Waals surface area contributed by atoms with E-state index in [1.165, 1.54) is 18.6 Å². The average molecular weight is 325 g/mol. The second-order valence-electron chi connectivity index (χ2n) is 5.08. The second kappa shape index (κ2) is 14.2. The lowest BCUT2D eigenvalue weighted by Gasteiger charge is -2.07. The Labute approximate surface area is 129 Å². The molecule has 0 aromatic carbocycles. The summed E-state index contributed by atoms with van der Waals surface area (Å²) in [5.41, 5.74) is 0. The van der Waals surface area contributed by atoms with E-state index in [4.69, 9.17) is 0 Å². The van der Waals surface area contributed by atoms with Crippen molar-refractivity contribution in [1.29, 1.82) is 0 Å². The molecule has 0 fully saturated rings. The normalized spacial score (nSPS) is 11.9. The maximum Gasteiger partial charge on any atom is 0.211 e. The van der Waals surface area contributed by atoms with E-state index >= 15 is 0 Å². The minimum absolute atomic E-state index is 0.257. The van der Waals surface area contributed by atoms with E-state index < -0.39 is 10.0 Å². The van der Waals surface area contributed by atoms with Crippen molar-refractivity contribution in [2.75, 3.05) is 37.4 Å². The van der Waals surface area contributed by atoms with Gasteiger partial charge in [0.15, 0.2) is 0 Å². The van der Waals surface area contributed by atoms with Crippen molar-refractivity contribution in [2.45, 2.75) is 51.9 Å². The Balaban J connectivity index is 3.41. The van der Waals surface area contributed by atoms with Crippen molar-refractivity contribution < 1.29 is 8.42 Å². The predicted octanol–water partition coefficient (Wildman–Crippen LogP) is 2.61. The highest BCUT2D eigenvalue weighted by molar-refractivity contribution is 7.98. The molecule has 4 nitrogen and oxygen atoms in total. The van der Waals surface area contributed by atoms with Gasteiger partial charge in [-0.3, -0.25) is 0 Å². The Hall–Kier alpha value is 0.220. The lowest BCUT2D eigenvalue weighted by atomic mass is 10.2. The number of rotatable bonds is 15. The zero-order chi connectivity index (χ0) is 15.1. The molecule has 0 saturated heterocycles. The fraction of sp³-hybridized carbons (Fsp3) is 1.00. The summed E-state index contributed by atoms with van der Waals surface area (Å²) in [6.07, 6.45) is 9.40. The van der Waals surface area contributed by atoms with Crippen LogP contribution in [0.15, 0.2) is 0 Å². The van der Waals surface area contributed by atoms with E-state index in [1.807, 2.05) is 11.8 Å². The van der Waals surface area contributed by atoms with Gasteiger partial charge in [-0.15, -0.1) is 0 Å². The van der Waals surface area contributed by atoms with Crippen LogP contribution in [-0.4, -0.2) is 45.8 Å². The van der Waals surface area contributed by atoms with E-state index in [1.54, 1.807) is 0 Å². The van der Waals surface area contributed by atoms with E-state index in [-0.39, 0.29) is 5.75 Å². The lowest BCUT2D eigenvalue weighted by Crippen LogP contribution is -2.28. The van der Waals surface area contributed by atoms with Crippen molar-refractivity contribution in [1.82, 2.24) is 10.0 Å². The largest absolute Gasteiger partial charge is 0.317 e. The monoisotopic (exact) mass is 324 g/mol. The molecule has 0 heterocycles. The van der Waals surface area contributed by atoms with Gasteiger partial charge in [0.05, 0.1) is 5.75 Å². The van der Waals surface area contributed by atoms with Gasteiger partial charge in [-0.1, -0.05) is 19.8 Å². The summed E-state index contributed by atoms with van der Waals surface area (Å²) >= 11 is 1.87. The van der Waals surface area contributed by atoms with Gasteiger partial charge in [0.1, 0.15) is 0 Å². The Morgan fingerprint density at radius 2 is 1.60 bits per heavy atom. The Bertz CT molecular complexity index is 296. The highest BCUT2D eigenvalue weighted by atomic mass is 32.2. The zero-order valence-corrected chi connectivity index (χ0v) is 14.8. The van der Waals surface area contributed by atoms with Gasteiger partial charge in [0.25, 0.3) is 0 Å². The molecule has 20 heavy (non-hydrogen) atoms. The van der Waals surface area contributed by atoms with Crippen molar-refractivity contribution in [3.05, 3.63) is 0 Å². The SMILES string of the molecule is CCCNCCCCS(=O)(=O)NCCCCCCSC. The summed E-state index contributed by atoms with van der Waals surface area (Å²) < 4.78 is 26.1. The highest BCUT2D eigenvalue weighted by Gasteiger charge is 2.08. The Morgan fingerprint density at radius 1 is 0.900 bits per heavy atom. The number of hydrogen-bond acceptors (Lipinski definition) is 4. The van der Waals surface area contributed by atoms with Crippen molar-refractivity contribution in [3.8, 4) is 0 Å². The second-order valence-corrected chi connectivity index (χ2v) is 7.99. The van der Waals surface area contributed by atoms with Gasteiger partial charge in [0.2, 0.25) is 10.0 Å². The summed E-state index contributed by atoms with van der Waals surface area (Å²) in [6.45, 7) is 4.65. The molecule has 0 rings (SSSR count). The van der Waals surface area contributed by atoms with Gasteiger partial charge in [-0.25, -0.2) is 13.1 Å². The third-order valence-corrected chi connectivity index (χ3v) is 5.21. The minimum Gasteiger partial charge on any atom is -0.317 e. The molecule has 2 N–H and O–H groups in total. The molecule has 122 valence electrons. The van der Waals surface area contributed by atoms with Crippen molar-refractivity contribution in [3.63, 3.8) is 0 Å². The van der Waals surface area contributed by atoms with Crippen LogP contribution in [0, 0.1) is 0 Å². The standard InChI is InChI=1S/C14H32N2O2S2/c1-3-10-15-11-7-9-14-20(17,18)16-12-6-4-5-8-13-19-2/h15-16H,3-14H2,1-2H3. The summed E-state index contributed by atoms with van der Waals surface area (Å²) in [6, 6.07) is 0. The summed E-state index contributed by atoms with van der Waals surface area (Å²) in [7, 11) is -3.05. The summed E-state index contributed by atoms with van der Waals surface area (Å²) in [5.74, 6) is 1.46. The first kappa shape index (κ1) is 20.2. The average Bonchev–Trinajstić information content (AvgIpc) is 2.41. The van der Waals surface area contributed by atoms with Gasteiger partial charge < -0.3 is 5.32 Å². The third-order valence-electron chi connectivity index (χ3n) is 3.04. The van der Waals surface area contributed by atoms with Crippen LogP contribution in [0.3, 0.4) is 0 Å². The predicted molar refractivity (Wildman–Crippen MR) is 91.0 cm³/mol. The molecule has 0 aliphatic heterocycles. The van der Waals surface area contributed by atoms with Crippen LogP contribution in [0.2, 0.25) is 0 Å². The molecular weight excluding hydrogens is 292 g/mol. The Morgan fingerprint density at radius 3 is 2.30 bits per heavy atom. The third kappa shape index (κ3) is 14.6. The minimum atomic E-state index is -3.05. The van der Waals surface area contributed by atoms with Crippen molar-refractivity contribution in [2.24, 2.45) is 0 Å². The number of nitrogens with one attached hydrogen (secondary N) is 2. The van der Waals surface area contributed by atoms with Crippen molar-refractivity contribution >= 4 is 21.8 Å². The maximum absolute atomic E-state index is 11.7. The molecule has 0 atom stereocenters. The highest BCUT2D eigenvalue weighted by Crippen LogP contribution is 2.04. The quantitative estimate of drug-likeness (QED) is 0.455. The molecule has 0 spiro atoms. The van der Waals surface area contributed by atoms with Gasteiger partial charge in [0, 0.05) is 6.54 Å². The van der Waals surface area contributed by atoms with Crippen LogP contribution in [0.4, 0.5) is 0 Å². The van der Waals surface area contributed by atoms with Gasteiger partial charge in [-0.2, -0.15) is 11.8 Å². The number of thioether (sulfide) groups is 1. The molecule has 0 radical (unpaired) electrons. The molecule has 0 saturated carbocycles. The van der Waals surface area contributed by atoms with E-state index in [9.17, 15) is 8.42 Å². The Kier molecular flexibility index (Phi) is 14.3. The first-order chi connectivity index (χ1) is 9.62. The van der Waals surface area contributed by atoms with Crippen LogP contribution in [0.25, 0.3) is 0 Å². The van der Waals surface area contributed by atoms with Crippen LogP contribution in [-0.2, 0) is 10.0 Å². The summed E-state index contributed by atoms with van der Waals surface area (Å²) in [5, 5.41) is 3.28. The molecule has 0 bridgehead atoms. The molecule has 6 heteroatoms. The smallest absolute Gasteiger partial charge is 0.211 e. The fourth-order valence-corrected chi connectivity index (χ4v) is 3.55. The number of sulfonamides is 1. The molecule has 0 unspecified atom stereocenters. The van der Waals surface area contributed by atoms with Crippen LogP contribution < -0.4 is 10.0 Å². The molecule has 0 amide bonds. The fourth-order valence-electron chi connectivity index (χ4n) is 1.87. The van der Waals surface area contributed by atoms with E-state index in [0.717, 1.165) is 45.2 Å². The first-order valence-corrected chi connectivity index (χ1v) is 10.8. The number of hydrogen-bond donors (Lipinski definition) is 2. The lowest BCUT2D eigenvalue weighted by molar-refractivity contribution is 0.566. The topological polar surface area (TPSA) is 58.2 Å². The molecule has 0 aliphatic carbocycles. The van der Waals surface area contributed by atoms with Crippen LogP contribution in [0.1, 0.15) is 51.9 Å². The van der Waals surface area contributed by atoms with E-state index in [0.29, 0.717) is 6.54 Å². The van der Waals surface area contributed by atoms with Crippen LogP contribution >= 0.6 is 11.8 Å². The van der Waals surface area contributed by atoms with Gasteiger partial charge >= 0.3 is 0 Å². The molecule has 0 aromatic heterocycles. The zero-order valence-electron chi connectivity index (χ0n) is 13.1. The first-order valence-electron chi connectivity index (χ1n) is 7.79. The van der Waals surface area contributed by atoms with Crippen LogP contribution in [0.5, 0.6) is 0 Å².